The van der Waals surface area contributed by atoms with Crippen LogP contribution in [0.25, 0.3) is 10.9 Å². The zero-order chi connectivity index (χ0) is 20.4. The Bertz CT molecular complexity index is 1070. The van der Waals surface area contributed by atoms with Crippen molar-refractivity contribution < 1.29 is 14.0 Å². The maximum atomic E-state index is 13.4. The molecule has 2 aromatic carbocycles. The molecule has 148 valence electrons. The Morgan fingerprint density at radius 3 is 2.52 bits per heavy atom. The number of halogens is 1. The number of benzene rings is 2. The van der Waals surface area contributed by atoms with Crippen LogP contribution >= 0.6 is 0 Å². The number of nitrogens with zero attached hydrogens (tertiary/aromatic N) is 2. The molecule has 0 bridgehead atoms. The normalized spacial score (nSPS) is 13.7. The van der Waals surface area contributed by atoms with Gasteiger partial charge in [-0.25, -0.2) is 4.39 Å². The highest BCUT2D eigenvalue weighted by Gasteiger charge is 2.19. The third-order valence-electron chi connectivity index (χ3n) is 5.26. The summed E-state index contributed by atoms with van der Waals surface area (Å²) >= 11 is 0. The van der Waals surface area contributed by atoms with E-state index in [2.05, 4.69) is 10.3 Å². The number of pyridine rings is 1. The van der Waals surface area contributed by atoms with Crippen LogP contribution in [-0.2, 0) is 6.54 Å². The minimum atomic E-state index is -0.353. The van der Waals surface area contributed by atoms with Crippen molar-refractivity contribution in [2.24, 2.45) is 0 Å². The second kappa shape index (κ2) is 7.99. The lowest BCUT2D eigenvalue weighted by Gasteiger charge is -2.15. The van der Waals surface area contributed by atoms with Crippen LogP contribution in [0, 0.1) is 12.7 Å². The van der Waals surface area contributed by atoms with E-state index in [0.717, 1.165) is 31.5 Å². The van der Waals surface area contributed by atoms with Crippen molar-refractivity contribution in [3.63, 3.8) is 0 Å². The summed E-state index contributed by atoms with van der Waals surface area (Å²) < 4.78 is 13.4. The maximum Gasteiger partial charge on any atom is 0.253 e. The summed E-state index contributed by atoms with van der Waals surface area (Å²) in [6, 6.07) is 13.4. The quantitative estimate of drug-likeness (QED) is 0.735. The molecule has 0 radical (unpaired) electrons. The Morgan fingerprint density at radius 1 is 1.07 bits per heavy atom. The Kier molecular flexibility index (Phi) is 5.25. The fourth-order valence-corrected chi connectivity index (χ4v) is 3.61. The molecule has 1 aromatic heterocycles. The first-order valence-electron chi connectivity index (χ1n) is 9.74. The highest BCUT2D eigenvalue weighted by Crippen LogP contribution is 2.18. The van der Waals surface area contributed by atoms with Gasteiger partial charge in [0.15, 0.2) is 0 Å². The summed E-state index contributed by atoms with van der Waals surface area (Å²) in [4.78, 5) is 31.2. The predicted octanol–water partition coefficient (Wildman–Crippen LogP) is 3.85. The average Bonchev–Trinajstić information content (AvgIpc) is 3.26. The first kappa shape index (κ1) is 19.1. The first-order valence-corrected chi connectivity index (χ1v) is 9.74. The monoisotopic (exact) mass is 391 g/mol. The summed E-state index contributed by atoms with van der Waals surface area (Å²) in [5, 5.41) is 3.60. The van der Waals surface area contributed by atoms with Crippen LogP contribution in [0.15, 0.2) is 48.5 Å². The number of carbonyl (C=O) groups excluding carboxylic acids is 2. The molecule has 0 atom stereocenters. The Hall–Kier alpha value is -3.28. The number of likely N-dealkylation sites (tertiary alicyclic amines) is 1. The van der Waals surface area contributed by atoms with Crippen molar-refractivity contribution in [1.82, 2.24) is 15.2 Å². The molecule has 2 heterocycles. The van der Waals surface area contributed by atoms with Gasteiger partial charge in [0.25, 0.3) is 11.8 Å². The third-order valence-corrected chi connectivity index (χ3v) is 5.26. The standard InChI is InChI=1S/C23H22FN3O2/c1-15-20(12-18-8-9-19(24)13-21(18)26-15)22(28)25-14-16-4-6-17(7-5-16)23(29)27-10-2-3-11-27/h4-9,12-13H,2-3,10-11,14H2,1H3,(H,25,28). The lowest BCUT2D eigenvalue weighted by molar-refractivity contribution is 0.0792. The lowest BCUT2D eigenvalue weighted by Crippen LogP contribution is -2.27. The van der Waals surface area contributed by atoms with Gasteiger partial charge in [-0.1, -0.05) is 12.1 Å². The van der Waals surface area contributed by atoms with Crippen LogP contribution in [0.4, 0.5) is 4.39 Å². The summed E-state index contributed by atoms with van der Waals surface area (Å²) in [6.45, 7) is 3.72. The fraction of sp³-hybridized carbons (Fsp3) is 0.261. The zero-order valence-corrected chi connectivity index (χ0v) is 16.2. The van der Waals surface area contributed by atoms with E-state index in [1.807, 2.05) is 17.0 Å². The second-order valence-electron chi connectivity index (χ2n) is 7.34. The summed E-state index contributed by atoms with van der Waals surface area (Å²) in [5.41, 5.74) is 3.11. The molecule has 6 heteroatoms. The van der Waals surface area contributed by atoms with Crippen molar-refractivity contribution in [1.29, 1.82) is 0 Å². The SMILES string of the molecule is Cc1nc2cc(F)ccc2cc1C(=O)NCc1ccc(C(=O)N2CCCC2)cc1. The van der Waals surface area contributed by atoms with Gasteiger partial charge in [0.05, 0.1) is 16.8 Å². The van der Waals surface area contributed by atoms with Crippen LogP contribution < -0.4 is 5.32 Å². The van der Waals surface area contributed by atoms with Gasteiger partial charge < -0.3 is 10.2 Å². The van der Waals surface area contributed by atoms with E-state index in [4.69, 9.17) is 0 Å². The summed E-state index contributed by atoms with van der Waals surface area (Å²) in [6.07, 6.45) is 2.13. The van der Waals surface area contributed by atoms with Crippen molar-refractivity contribution in [3.8, 4) is 0 Å². The van der Waals surface area contributed by atoms with Crippen LogP contribution in [0.5, 0.6) is 0 Å². The molecule has 1 saturated heterocycles. The van der Waals surface area contributed by atoms with Crippen LogP contribution in [0.1, 0.15) is 44.8 Å². The van der Waals surface area contributed by atoms with Gasteiger partial charge in [-0.05, 0) is 55.7 Å². The molecule has 1 aliphatic heterocycles. The van der Waals surface area contributed by atoms with Crippen molar-refractivity contribution in [2.45, 2.75) is 26.3 Å². The fourth-order valence-electron chi connectivity index (χ4n) is 3.61. The smallest absolute Gasteiger partial charge is 0.253 e. The molecule has 1 N–H and O–H groups in total. The molecular formula is C23H22FN3O2. The van der Waals surface area contributed by atoms with E-state index in [1.54, 1.807) is 31.2 Å². The molecule has 5 nitrogen and oxygen atoms in total. The Morgan fingerprint density at radius 2 is 1.79 bits per heavy atom. The molecule has 0 unspecified atom stereocenters. The highest BCUT2D eigenvalue weighted by atomic mass is 19.1. The van der Waals surface area contributed by atoms with Gasteiger partial charge in [0.1, 0.15) is 5.82 Å². The summed E-state index contributed by atoms with van der Waals surface area (Å²) in [5.74, 6) is -0.529. The van der Waals surface area contributed by atoms with Gasteiger partial charge in [-0.2, -0.15) is 0 Å². The minimum absolute atomic E-state index is 0.0624. The predicted molar refractivity (Wildman–Crippen MR) is 109 cm³/mol. The van der Waals surface area contributed by atoms with Gasteiger partial charge in [-0.3, -0.25) is 14.6 Å². The molecule has 0 aliphatic carbocycles. The first-order chi connectivity index (χ1) is 14.0. The lowest BCUT2D eigenvalue weighted by atomic mass is 10.1. The molecule has 2 amide bonds. The minimum Gasteiger partial charge on any atom is -0.348 e. The zero-order valence-electron chi connectivity index (χ0n) is 16.2. The van der Waals surface area contributed by atoms with Crippen LogP contribution in [0.2, 0.25) is 0 Å². The van der Waals surface area contributed by atoms with Gasteiger partial charge in [-0.15, -0.1) is 0 Å². The number of fused-ring (bicyclic) bond motifs is 1. The second-order valence-corrected chi connectivity index (χ2v) is 7.34. The largest absolute Gasteiger partial charge is 0.348 e. The van der Waals surface area contributed by atoms with Crippen LogP contribution in [-0.4, -0.2) is 34.8 Å². The summed E-state index contributed by atoms with van der Waals surface area (Å²) in [7, 11) is 0. The highest BCUT2D eigenvalue weighted by molar-refractivity contribution is 5.98. The molecule has 29 heavy (non-hydrogen) atoms. The van der Waals surface area contributed by atoms with Gasteiger partial charge in [0, 0.05) is 36.7 Å². The molecule has 3 aromatic rings. The number of carbonyl (C=O) groups is 2. The number of aryl methyl sites for hydroxylation is 1. The molecule has 4 rings (SSSR count). The topological polar surface area (TPSA) is 62.3 Å². The van der Waals surface area contributed by atoms with Gasteiger partial charge in [0.2, 0.25) is 0 Å². The van der Waals surface area contributed by atoms with Crippen molar-refractivity contribution in [3.05, 3.63) is 76.7 Å². The molecule has 0 saturated carbocycles. The number of aromatic nitrogens is 1. The number of hydrogen-bond acceptors (Lipinski definition) is 3. The van der Waals surface area contributed by atoms with E-state index in [9.17, 15) is 14.0 Å². The third kappa shape index (κ3) is 4.11. The molecular weight excluding hydrogens is 369 g/mol. The molecule has 1 fully saturated rings. The van der Waals surface area contributed by atoms with E-state index in [1.165, 1.54) is 12.1 Å². The average molecular weight is 391 g/mol. The van der Waals surface area contributed by atoms with Crippen molar-refractivity contribution >= 4 is 22.7 Å². The molecule has 0 spiro atoms. The van der Waals surface area contributed by atoms with E-state index < -0.39 is 0 Å². The van der Waals surface area contributed by atoms with E-state index >= 15 is 0 Å². The van der Waals surface area contributed by atoms with E-state index in [0.29, 0.717) is 34.3 Å². The van der Waals surface area contributed by atoms with Crippen LogP contribution in [0.3, 0.4) is 0 Å². The van der Waals surface area contributed by atoms with Gasteiger partial charge >= 0.3 is 0 Å². The van der Waals surface area contributed by atoms with E-state index in [-0.39, 0.29) is 17.6 Å². The number of nitrogens with one attached hydrogen (secondary N) is 1. The number of amides is 2. The number of rotatable bonds is 4. The Labute approximate surface area is 168 Å². The molecule has 1 aliphatic rings. The van der Waals surface area contributed by atoms with Crippen molar-refractivity contribution in [2.75, 3.05) is 13.1 Å². The Balaban J connectivity index is 1.43. The number of hydrogen-bond donors (Lipinski definition) is 1. The maximum absolute atomic E-state index is 13.4.